The Kier molecular flexibility index (Phi) is 10.0. The van der Waals surface area contributed by atoms with Gasteiger partial charge in [0.05, 0.1) is 40.9 Å². The van der Waals surface area contributed by atoms with Gasteiger partial charge < -0.3 is 24.8 Å². The largest absolute Gasteiger partial charge is 0.504 e. The van der Waals surface area contributed by atoms with E-state index in [0.29, 0.717) is 27.1 Å². The van der Waals surface area contributed by atoms with Crippen molar-refractivity contribution in [3.8, 4) is 17.2 Å². The Balaban J connectivity index is 1.48. The van der Waals surface area contributed by atoms with Gasteiger partial charge in [-0.05, 0) is 107 Å². The highest BCUT2D eigenvalue weighted by Gasteiger charge is 2.53. The summed E-state index contributed by atoms with van der Waals surface area (Å²) in [7, 11) is 2.96. The van der Waals surface area contributed by atoms with E-state index in [1.807, 2.05) is 83.3 Å². The molecule has 3 aromatic rings. The van der Waals surface area contributed by atoms with Gasteiger partial charge in [0.2, 0.25) is 11.8 Å². The minimum absolute atomic E-state index is 0.0634. The number of phenols is 1. The summed E-state index contributed by atoms with van der Waals surface area (Å²) in [4.78, 5) is 31.8. The predicted octanol–water partition coefficient (Wildman–Crippen LogP) is 4.70. The number of allylic oxidation sites excluding steroid dienone is 1. The van der Waals surface area contributed by atoms with E-state index in [1.54, 1.807) is 12.3 Å². The first-order chi connectivity index (χ1) is 21.2. The molecule has 1 saturated heterocycles. The number of methoxy groups -OCH3 is 1. The minimum Gasteiger partial charge on any atom is -0.504 e. The number of hydrogen-bond donors (Lipinski definition) is 3. The molecule has 0 spiro atoms. The highest BCUT2D eigenvalue weighted by atomic mass is 127. The van der Waals surface area contributed by atoms with Gasteiger partial charge in [0, 0.05) is 19.2 Å². The Morgan fingerprint density at radius 3 is 2.57 bits per heavy atom. The van der Waals surface area contributed by atoms with E-state index in [-0.39, 0.29) is 43.6 Å². The maximum atomic E-state index is 13.1. The zero-order chi connectivity index (χ0) is 31.4. The Bertz CT molecular complexity index is 1580. The number of benzene rings is 2. The van der Waals surface area contributed by atoms with Crippen LogP contribution in [0.4, 0.5) is 0 Å². The lowest BCUT2D eigenvalue weighted by atomic mass is 9.68. The van der Waals surface area contributed by atoms with Gasteiger partial charge in [-0.1, -0.05) is 24.3 Å². The van der Waals surface area contributed by atoms with Gasteiger partial charge in [0.15, 0.2) is 11.5 Å². The van der Waals surface area contributed by atoms with Crippen molar-refractivity contribution >= 4 is 46.1 Å². The number of likely N-dealkylation sites (tertiary alicyclic amines) is 1. The number of amides is 2. The Hall–Kier alpha value is -3.74. The summed E-state index contributed by atoms with van der Waals surface area (Å²) in [5.74, 6) is -1.62. The van der Waals surface area contributed by atoms with E-state index >= 15 is 0 Å². The van der Waals surface area contributed by atoms with Crippen LogP contribution in [-0.2, 0) is 9.59 Å². The summed E-state index contributed by atoms with van der Waals surface area (Å²) in [5, 5.41) is 32.7. The second-order valence-electron chi connectivity index (χ2n) is 11.0. The molecule has 2 aromatic carbocycles. The fourth-order valence-electron chi connectivity index (χ4n) is 6.24. The fraction of sp³-hybridized carbons (Fsp3) is 0.324. The summed E-state index contributed by atoms with van der Waals surface area (Å²) in [5.41, 5.74) is 3.64. The van der Waals surface area contributed by atoms with Crippen LogP contribution in [0.2, 0.25) is 0 Å². The van der Waals surface area contributed by atoms with Crippen molar-refractivity contribution in [3.63, 3.8) is 0 Å². The number of para-hydroxylation sites is 1. The predicted molar refractivity (Wildman–Crippen MR) is 174 cm³/mol. The topological polar surface area (TPSA) is 129 Å². The van der Waals surface area contributed by atoms with Crippen molar-refractivity contribution in [1.82, 2.24) is 9.88 Å². The lowest BCUT2D eigenvalue weighted by molar-refractivity contribution is -0.138. The number of aromatic nitrogens is 1. The number of hydrogen-bond acceptors (Lipinski definition) is 8. The molecule has 44 heavy (non-hydrogen) atoms. The first kappa shape index (κ1) is 31.7. The number of rotatable bonds is 11. The number of nitrogens with zero attached hydrogens (tertiary/aromatic N) is 2. The van der Waals surface area contributed by atoms with E-state index in [0.717, 1.165) is 27.3 Å². The second-order valence-corrected chi connectivity index (χ2v) is 12.2. The number of pyridine rings is 1. The van der Waals surface area contributed by atoms with Crippen LogP contribution in [0.25, 0.3) is 11.6 Å². The summed E-state index contributed by atoms with van der Waals surface area (Å²) in [6, 6.07) is 18.4. The number of aliphatic hydroxyl groups excluding tert-OH is 2. The van der Waals surface area contributed by atoms with Crippen LogP contribution in [0.3, 0.4) is 0 Å². The van der Waals surface area contributed by atoms with Crippen molar-refractivity contribution < 1.29 is 34.4 Å². The van der Waals surface area contributed by atoms with Gasteiger partial charge in [-0.3, -0.25) is 19.5 Å². The summed E-state index contributed by atoms with van der Waals surface area (Å²) < 4.78 is 12.0. The van der Waals surface area contributed by atoms with Gasteiger partial charge >= 0.3 is 0 Å². The molecule has 2 aliphatic rings. The molecule has 4 atom stereocenters. The van der Waals surface area contributed by atoms with Crippen LogP contribution >= 0.6 is 22.6 Å². The SMILES string of the molecule is COc1cc(/C=C(/CC[C@@H](O)C2=C(COc3ccccc3)C[C@H]3C(=O)N(C)C(=O)[C@H]3[C@H]2CO)c2ccccn2)cc(I)c1O. The minimum atomic E-state index is -1.02. The summed E-state index contributed by atoms with van der Waals surface area (Å²) in [6.45, 7) is -0.264. The molecule has 230 valence electrons. The van der Waals surface area contributed by atoms with E-state index in [2.05, 4.69) is 4.98 Å². The van der Waals surface area contributed by atoms with Gasteiger partial charge in [0.25, 0.3) is 0 Å². The molecular weight excluding hydrogens is 675 g/mol. The lowest BCUT2D eigenvalue weighted by Crippen LogP contribution is -2.39. The van der Waals surface area contributed by atoms with Gasteiger partial charge in [-0.25, -0.2) is 0 Å². The van der Waals surface area contributed by atoms with Crippen molar-refractivity contribution in [2.45, 2.75) is 25.4 Å². The second kappa shape index (κ2) is 13.9. The average Bonchev–Trinajstić information content (AvgIpc) is 3.26. The highest BCUT2D eigenvalue weighted by molar-refractivity contribution is 14.1. The number of ether oxygens (including phenoxy) is 2. The van der Waals surface area contributed by atoms with Crippen LogP contribution in [0.5, 0.6) is 17.2 Å². The molecule has 1 aliphatic heterocycles. The smallest absolute Gasteiger partial charge is 0.233 e. The van der Waals surface area contributed by atoms with Gasteiger partial charge in [-0.2, -0.15) is 0 Å². The standard InChI is InChI=1S/C34H35IN2O7/c1-37-33(41)24-17-22(19-44-23-8-4-3-5-9-23)30(25(18-38)31(24)34(37)42)28(39)12-11-21(27-10-6-7-13-36-27)14-20-15-26(35)32(40)29(16-20)43-2/h3-10,13-16,24-25,28,31,38-40H,11-12,17-19H2,1-2H3/b21-14-/t24-,25+,28-,31-/m1/s1. The van der Waals surface area contributed by atoms with E-state index in [1.165, 1.54) is 14.2 Å². The third-order valence-electron chi connectivity index (χ3n) is 8.41. The van der Waals surface area contributed by atoms with Crippen molar-refractivity contribution in [3.05, 3.63) is 92.8 Å². The molecule has 5 rings (SSSR count). The fourth-order valence-corrected chi connectivity index (χ4v) is 6.87. The summed E-state index contributed by atoms with van der Waals surface area (Å²) >= 11 is 2.05. The molecular formula is C34H35IN2O7. The zero-order valence-electron chi connectivity index (χ0n) is 24.5. The number of phenolic OH excluding ortho intramolecular Hbond substituents is 1. The summed E-state index contributed by atoms with van der Waals surface area (Å²) in [6.07, 6.45) is 3.58. The van der Waals surface area contributed by atoms with Crippen molar-refractivity contribution in [2.75, 3.05) is 27.4 Å². The monoisotopic (exact) mass is 710 g/mol. The number of halogens is 1. The molecule has 0 radical (unpaired) electrons. The number of aromatic hydroxyl groups is 1. The molecule has 10 heteroatoms. The molecule has 3 N–H and O–H groups in total. The van der Waals surface area contributed by atoms with Crippen LogP contribution in [0.15, 0.2) is 78.0 Å². The molecule has 0 unspecified atom stereocenters. The van der Waals surface area contributed by atoms with Gasteiger partial charge in [0.1, 0.15) is 12.4 Å². The molecule has 2 amide bonds. The zero-order valence-corrected chi connectivity index (χ0v) is 26.7. The van der Waals surface area contributed by atoms with Crippen molar-refractivity contribution in [2.24, 2.45) is 17.8 Å². The normalized spacial score (nSPS) is 21.0. The maximum Gasteiger partial charge on any atom is 0.233 e. The number of carbonyl (C=O) groups is 2. The highest BCUT2D eigenvalue weighted by Crippen LogP contribution is 2.46. The maximum absolute atomic E-state index is 13.1. The van der Waals surface area contributed by atoms with Crippen LogP contribution in [-0.4, -0.2) is 70.5 Å². The third-order valence-corrected chi connectivity index (χ3v) is 9.23. The Labute approximate surface area is 270 Å². The molecule has 2 heterocycles. The van der Waals surface area contributed by atoms with Crippen LogP contribution < -0.4 is 9.47 Å². The Morgan fingerprint density at radius 2 is 1.89 bits per heavy atom. The molecule has 1 aliphatic carbocycles. The van der Waals surface area contributed by atoms with E-state index in [9.17, 15) is 24.9 Å². The molecule has 0 bridgehead atoms. The average molecular weight is 711 g/mol. The number of imide groups is 1. The van der Waals surface area contributed by atoms with E-state index in [4.69, 9.17) is 9.47 Å². The molecule has 1 aromatic heterocycles. The third kappa shape index (κ3) is 6.52. The first-order valence-electron chi connectivity index (χ1n) is 14.4. The van der Waals surface area contributed by atoms with Crippen LogP contribution in [0.1, 0.15) is 30.5 Å². The van der Waals surface area contributed by atoms with Crippen LogP contribution in [0, 0.1) is 21.3 Å². The van der Waals surface area contributed by atoms with Crippen molar-refractivity contribution in [1.29, 1.82) is 0 Å². The van der Waals surface area contributed by atoms with Gasteiger partial charge in [-0.15, -0.1) is 0 Å². The lowest BCUT2D eigenvalue weighted by Gasteiger charge is -2.36. The number of aliphatic hydroxyl groups is 2. The Morgan fingerprint density at radius 1 is 1.14 bits per heavy atom. The molecule has 0 saturated carbocycles. The first-order valence-corrected chi connectivity index (χ1v) is 15.5. The number of fused-ring (bicyclic) bond motifs is 1. The quantitative estimate of drug-likeness (QED) is 0.149. The molecule has 1 fully saturated rings. The number of carbonyl (C=O) groups excluding carboxylic acids is 2. The molecule has 9 nitrogen and oxygen atoms in total. The van der Waals surface area contributed by atoms with E-state index < -0.39 is 23.9 Å².